The molecule has 0 saturated carbocycles. The minimum atomic E-state index is 0.0364. The second kappa shape index (κ2) is 9.82. The van der Waals surface area contributed by atoms with E-state index in [-0.39, 0.29) is 5.91 Å². The summed E-state index contributed by atoms with van der Waals surface area (Å²) in [5.41, 5.74) is 0. The van der Waals surface area contributed by atoms with E-state index in [0.29, 0.717) is 12.3 Å². The van der Waals surface area contributed by atoms with Crippen molar-refractivity contribution in [1.82, 2.24) is 20.1 Å². The van der Waals surface area contributed by atoms with E-state index in [1.54, 1.807) is 6.26 Å². The normalized spacial score (nSPS) is 15.3. The fraction of sp³-hybridized carbons (Fsp3) is 0.632. The first-order chi connectivity index (χ1) is 13.2. The van der Waals surface area contributed by atoms with Gasteiger partial charge in [-0.15, -0.1) is 10.2 Å². The molecule has 0 unspecified atom stereocenters. The number of hydrogen-bond donors (Lipinski definition) is 1. The van der Waals surface area contributed by atoms with E-state index < -0.39 is 0 Å². The third-order valence-corrected chi connectivity index (χ3v) is 5.81. The van der Waals surface area contributed by atoms with Gasteiger partial charge in [-0.3, -0.25) is 9.36 Å². The number of carbonyl (C=O) groups is 1. The van der Waals surface area contributed by atoms with Crippen LogP contribution in [0.25, 0.3) is 0 Å². The summed E-state index contributed by atoms with van der Waals surface area (Å²) in [5, 5.41) is 12.5. The van der Waals surface area contributed by atoms with Crippen molar-refractivity contribution in [2.75, 3.05) is 30.3 Å². The average Bonchev–Trinajstić information content (AvgIpc) is 3.32. The number of unbranched alkanes of at least 4 members (excludes halogenated alkanes) is 1. The van der Waals surface area contributed by atoms with Crippen LogP contribution < -0.4 is 10.2 Å². The number of nitrogens with one attached hydrogen (secondary N) is 1. The van der Waals surface area contributed by atoms with Crippen molar-refractivity contribution >= 4 is 23.6 Å². The molecule has 1 amide bonds. The number of furan rings is 1. The number of thioether (sulfide) groups is 1. The van der Waals surface area contributed by atoms with Crippen LogP contribution in [-0.2, 0) is 11.3 Å². The van der Waals surface area contributed by atoms with Crippen molar-refractivity contribution in [2.24, 2.45) is 5.92 Å². The molecule has 27 heavy (non-hydrogen) atoms. The number of carbonyl (C=O) groups excluding carboxylic acids is 1. The number of piperidine rings is 1. The number of aromatic nitrogens is 3. The van der Waals surface area contributed by atoms with Gasteiger partial charge in [0.05, 0.1) is 18.6 Å². The molecule has 0 radical (unpaired) electrons. The summed E-state index contributed by atoms with van der Waals surface area (Å²) in [7, 11) is 0. The van der Waals surface area contributed by atoms with Gasteiger partial charge < -0.3 is 14.6 Å². The van der Waals surface area contributed by atoms with Gasteiger partial charge in [0.25, 0.3) is 0 Å². The summed E-state index contributed by atoms with van der Waals surface area (Å²) in [6.07, 6.45) is 6.08. The second-order valence-electron chi connectivity index (χ2n) is 7.11. The van der Waals surface area contributed by atoms with Gasteiger partial charge >= 0.3 is 0 Å². The Labute approximate surface area is 164 Å². The highest BCUT2D eigenvalue weighted by atomic mass is 32.2. The van der Waals surface area contributed by atoms with Crippen LogP contribution in [0.2, 0.25) is 0 Å². The molecule has 2 aromatic rings. The van der Waals surface area contributed by atoms with Crippen LogP contribution in [0.1, 0.15) is 45.3 Å². The fourth-order valence-corrected chi connectivity index (χ4v) is 3.88. The highest BCUT2D eigenvalue weighted by Crippen LogP contribution is 2.27. The first kappa shape index (κ1) is 19.8. The Morgan fingerprint density at radius 3 is 2.89 bits per heavy atom. The molecule has 3 heterocycles. The quantitative estimate of drug-likeness (QED) is 0.523. The van der Waals surface area contributed by atoms with Crippen molar-refractivity contribution in [1.29, 1.82) is 0 Å². The standard InChI is InChI=1S/C19H29N5O2S/c1-3-4-9-20-17(25)14-27-19-22-21-18(23-10-7-15(2)8-11-23)24(19)13-16-6-5-12-26-16/h5-6,12,15H,3-4,7-11,13-14H2,1-2H3,(H,20,25). The highest BCUT2D eigenvalue weighted by molar-refractivity contribution is 7.99. The minimum Gasteiger partial charge on any atom is -0.467 e. The summed E-state index contributed by atoms with van der Waals surface area (Å²) in [6.45, 7) is 7.68. The Hall–Kier alpha value is -1.96. The van der Waals surface area contributed by atoms with Crippen molar-refractivity contribution < 1.29 is 9.21 Å². The summed E-state index contributed by atoms with van der Waals surface area (Å²) in [4.78, 5) is 14.3. The summed E-state index contributed by atoms with van der Waals surface area (Å²) < 4.78 is 7.60. The van der Waals surface area contributed by atoms with Crippen LogP contribution in [0.15, 0.2) is 28.0 Å². The third kappa shape index (κ3) is 5.51. The van der Waals surface area contributed by atoms with Crippen LogP contribution in [-0.4, -0.2) is 46.1 Å². The maximum Gasteiger partial charge on any atom is 0.230 e. The largest absolute Gasteiger partial charge is 0.467 e. The molecule has 0 aliphatic carbocycles. The van der Waals surface area contributed by atoms with Crippen molar-refractivity contribution in [3.63, 3.8) is 0 Å². The molecule has 1 fully saturated rings. The first-order valence-corrected chi connectivity index (χ1v) is 10.8. The lowest BCUT2D eigenvalue weighted by atomic mass is 10.00. The maximum atomic E-state index is 12.0. The van der Waals surface area contributed by atoms with Crippen LogP contribution in [0.3, 0.4) is 0 Å². The fourth-order valence-electron chi connectivity index (χ4n) is 3.11. The molecular formula is C19H29N5O2S. The van der Waals surface area contributed by atoms with Crippen LogP contribution in [0, 0.1) is 5.92 Å². The average molecular weight is 392 g/mol. The van der Waals surface area contributed by atoms with Crippen molar-refractivity contribution in [3.05, 3.63) is 24.2 Å². The third-order valence-electron chi connectivity index (χ3n) is 4.84. The zero-order valence-electron chi connectivity index (χ0n) is 16.2. The van der Waals surface area contributed by atoms with Crippen LogP contribution in [0.4, 0.5) is 5.95 Å². The zero-order valence-corrected chi connectivity index (χ0v) is 17.0. The molecule has 2 aromatic heterocycles. The van der Waals surface area contributed by atoms with Gasteiger partial charge in [-0.1, -0.05) is 32.0 Å². The lowest BCUT2D eigenvalue weighted by molar-refractivity contribution is -0.118. The first-order valence-electron chi connectivity index (χ1n) is 9.77. The molecule has 0 bridgehead atoms. The predicted octanol–water partition coefficient (Wildman–Crippen LogP) is 3.16. The topological polar surface area (TPSA) is 76.2 Å². The summed E-state index contributed by atoms with van der Waals surface area (Å²) in [6, 6.07) is 3.84. The van der Waals surface area contributed by atoms with E-state index in [1.807, 2.05) is 12.1 Å². The van der Waals surface area contributed by atoms with E-state index in [4.69, 9.17) is 4.42 Å². The molecule has 1 saturated heterocycles. The van der Waals surface area contributed by atoms with Crippen LogP contribution in [0.5, 0.6) is 0 Å². The van der Waals surface area contributed by atoms with Gasteiger partial charge in [-0.25, -0.2) is 0 Å². The van der Waals surface area contributed by atoms with Gasteiger partial charge in [0, 0.05) is 19.6 Å². The minimum absolute atomic E-state index is 0.0364. The SMILES string of the molecule is CCCCNC(=O)CSc1nnc(N2CCC(C)CC2)n1Cc1ccco1. The summed E-state index contributed by atoms with van der Waals surface area (Å²) in [5.74, 6) is 2.86. The number of amides is 1. The highest BCUT2D eigenvalue weighted by Gasteiger charge is 2.23. The van der Waals surface area contributed by atoms with Gasteiger partial charge in [0.15, 0.2) is 5.16 Å². The zero-order chi connectivity index (χ0) is 19.1. The molecule has 3 rings (SSSR count). The molecule has 0 spiro atoms. The van der Waals surface area contributed by atoms with Crippen LogP contribution >= 0.6 is 11.8 Å². The van der Waals surface area contributed by atoms with Crippen molar-refractivity contribution in [2.45, 2.75) is 51.2 Å². The van der Waals surface area contributed by atoms with E-state index in [9.17, 15) is 4.79 Å². The Morgan fingerprint density at radius 1 is 1.37 bits per heavy atom. The van der Waals surface area contributed by atoms with E-state index in [2.05, 4.69) is 38.8 Å². The lowest BCUT2D eigenvalue weighted by Crippen LogP contribution is -2.35. The Balaban J connectivity index is 1.69. The smallest absolute Gasteiger partial charge is 0.230 e. The predicted molar refractivity (Wildman–Crippen MR) is 107 cm³/mol. The van der Waals surface area contributed by atoms with E-state index in [0.717, 1.165) is 68.1 Å². The lowest BCUT2D eigenvalue weighted by Gasteiger charge is -2.31. The van der Waals surface area contributed by atoms with Gasteiger partial charge in [0.1, 0.15) is 5.76 Å². The molecule has 1 aliphatic heterocycles. The molecule has 0 aromatic carbocycles. The van der Waals surface area contributed by atoms with Gasteiger partial charge in [-0.05, 0) is 37.3 Å². The number of anilines is 1. The molecule has 0 atom stereocenters. The molecular weight excluding hydrogens is 362 g/mol. The Bertz CT molecular complexity index is 708. The van der Waals surface area contributed by atoms with E-state index in [1.165, 1.54) is 11.8 Å². The summed E-state index contributed by atoms with van der Waals surface area (Å²) >= 11 is 1.43. The van der Waals surface area contributed by atoms with Gasteiger partial charge in [0.2, 0.25) is 11.9 Å². The Kier molecular flexibility index (Phi) is 7.20. The molecule has 148 valence electrons. The molecule has 1 N–H and O–H groups in total. The molecule has 8 heteroatoms. The Morgan fingerprint density at radius 2 is 2.19 bits per heavy atom. The number of hydrogen-bond acceptors (Lipinski definition) is 6. The molecule has 1 aliphatic rings. The molecule has 7 nitrogen and oxygen atoms in total. The van der Waals surface area contributed by atoms with E-state index >= 15 is 0 Å². The second-order valence-corrected chi connectivity index (χ2v) is 8.05. The van der Waals surface area contributed by atoms with Gasteiger partial charge in [-0.2, -0.15) is 0 Å². The monoisotopic (exact) mass is 391 g/mol. The number of rotatable bonds is 9. The maximum absolute atomic E-state index is 12.0. The van der Waals surface area contributed by atoms with Crippen molar-refractivity contribution in [3.8, 4) is 0 Å². The number of nitrogens with zero attached hydrogens (tertiary/aromatic N) is 4.